The summed E-state index contributed by atoms with van der Waals surface area (Å²) in [5.74, 6) is 0.878. The van der Waals surface area contributed by atoms with Gasteiger partial charge in [0.1, 0.15) is 0 Å². The van der Waals surface area contributed by atoms with E-state index in [2.05, 4.69) is 18.7 Å². The first-order chi connectivity index (χ1) is 4.33. The van der Waals surface area contributed by atoms with Crippen molar-refractivity contribution >= 4 is 24.2 Å². The number of halogens is 1. The number of hydrogen-bond acceptors (Lipinski definition) is 1. The van der Waals surface area contributed by atoms with Gasteiger partial charge in [-0.15, -0.1) is 11.6 Å². The van der Waals surface area contributed by atoms with E-state index < -0.39 is 0 Å². The highest BCUT2D eigenvalue weighted by Crippen LogP contribution is 2.22. The summed E-state index contributed by atoms with van der Waals surface area (Å²) in [4.78, 5) is 0. The second kappa shape index (κ2) is 3.52. The maximum absolute atomic E-state index is 5.92. The highest BCUT2D eigenvalue weighted by atomic mass is 35.5. The van der Waals surface area contributed by atoms with Crippen molar-refractivity contribution < 1.29 is 0 Å². The molecule has 0 aromatic carbocycles. The molecule has 0 nitrogen and oxygen atoms in total. The topological polar surface area (TPSA) is 0 Å². The third-order valence-corrected chi connectivity index (χ3v) is 2.38. The molecule has 9 heavy (non-hydrogen) atoms. The van der Waals surface area contributed by atoms with Crippen molar-refractivity contribution in [3.63, 3.8) is 0 Å². The fraction of sp³-hybridized carbons (Fsp3) is 0.714. The van der Waals surface area contributed by atoms with E-state index in [1.165, 1.54) is 5.57 Å². The average Bonchev–Trinajstić information content (AvgIpc) is 1.88. The zero-order valence-corrected chi connectivity index (χ0v) is 6.96. The van der Waals surface area contributed by atoms with E-state index in [-0.39, 0.29) is 0 Å². The van der Waals surface area contributed by atoms with Crippen LogP contribution in [0.2, 0.25) is 0 Å². The summed E-state index contributed by atoms with van der Waals surface area (Å²) in [7, 11) is 0. The van der Waals surface area contributed by atoms with Crippen molar-refractivity contribution in [1.82, 2.24) is 0 Å². The molecule has 1 aliphatic carbocycles. The van der Waals surface area contributed by atoms with Gasteiger partial charge < -0.3 is 0 Å². The summed E-state index contributed by atoms with van der Waals surface area (Å²) >= 11 is 10.1. The average molecular weight is 163 g/mol. The molecule has 1 rings (SSSR count). The van der Waals surface area contributed by atoms with Gasteiger partial charge in [0.15, 0.2) is 0 Å². The Morgan fingerprint density at radius 1 is 1.78 bits per heavy atom. The van der Waals surface area contributed by atoms with Gasteiger partial charge in [0, 0.05) is 11.1 Å². The minimum atomic E-state index is 0.372. The van der Waals surface area contributed by atoms with Crippen molar-refractivity contribution in [1.29, 1.82) is 0 Å². The van der Waals surface area contributed by atoms with Crippen LogP contribution >= 0.6 is 24.2 Å². The molecule has 1 atom stereocenters. The maximum Gasteiger partial charge on any atom is 0.0376 e. The second-order valence-corrected chi connectivity index (χ2v) is 3.33. The summed E-state index contributed by atoms with van der Waals surface area (Å²) in [6, 6.07) is 0. The van der Waals surface area contributed by atoms with Gasteiger partial charge >= 0.3 is 0 Å². The molecule has 0 heterocycles. The zero-order chi connectivity index (χ0) is 6.69. The molecule has 0 bridgehead atoms. The largest absolute Gasteiger partial charge is 0.175 e. The second-order valence-electron chi connectivity index (χ2n) is 2.40. The Balaban J connectivity index is 2.43. The van der Waals surface area contributed by atoms with E-state index in [4.69, 9.17) is 11.6 Å². The minimum Gasteiger partial charge on any atom is -0.175 e. The third-order valence-electron chi connectivity index (χ3n) is 1.60. The molecular formula is C7H11ClS. The molecule has 0 fully saturated rings. The summed E-state index contributed by atoms with van der Waals surface area (Å²) in [6.45, 7) is 0. The number of hydrogen-bond donors (Lipinski definition) is 1. The number of alkyl halides is 1. The lowest BCUT2D eigenvalue weighted by Crippen LogP contribution is -2.05. The first-order valence-corrected chi connectivity index (χ1v) is 4.32. The summed E-state index contributed by atoms with van der Waals surface area (Å²) < 4.78 is 0. The predicted octanol–water partition coefficient (Wildman–Crippen LogP) is 2.63. The van der Waals surface area contributed by atoms with Gasteiger partial charge in [-0.25, -0.2) is 0 Å². The van der Waals surface area contributed by atoms with Crippen LogP contribution in [0.15, 0.2) is 11.6 Å². The van der Waals surface area contributed by atoms with Crippen LogP contribution in [-0.2, 0) is 0 Å². The lowest BCUT2D eigenvalue weighted by Gasteiger charge is -2.15. The van der Waals surface area contributed by atoms with Gasteiger partial charge in [0.25, 0.3) is 0 Å². The van der Waals surface area contributed by atoms with Crippen LogP contribution in [-0.4, -0.2) is 11.1 Å². The van der Waals surface area contributed by atoms with Gasteiger partial charge in [-0.2, -0.15) is 12.6 Å². The Morgan fingerprint density at radius 2 is 2.56 bits per heavy atom. The van der Waals surface area contributed by atoms with E-state index in [9.17, 15) is 0 Å². The fourth-order valence-electron chi connectivity index (χ4n) is 1.07. The first-order valence-electron chi connectivity index (χ1n) is 3.25. The summed E-state index contributed by atoms with van der Waals surface area (Å²) in [5, 5.41) is 0.372. The van der Waals surface area contributed by atoms with Crippen LogP contribution in [0.5, 0.6) is 0 Å². The predicted molar refractivity (Wildman–Crippen MR) is 45.4 cm³/mol. The number of rotatable bonds is 1. The zero-order valence-electron chi connectivity index (χ0n) is 5.31. The molecule has 0 amide bonds. The Hall–Kier alpha value is 0.380. The van der Waals surface area contributed by atoms with Gasteiger partial charge in [-0.1, -0.05) is 11.6 Å². The van der Waals surface area contributed by atoms with Crippen molar-refractivity contribution in [3.05, 3.63) is 11.6 Å². The molecule has 0 aromatic heterocycles. The Morgan fingerprint density at radius 3 is 3.00 bits per heavy atom. The molecule has 0 spiro atoms. The SMILES string of the molecule is SCC1=CCCC(Cl)C1. The van der Waals surface area contributed by atoms with E-state index in [0.29, 0.717) is 5.38 Å². The molecule has 0 aliphatic heterocycles. The van der Waals surface area contributed by atoms with E-state index >= 15 is 0 Å². The molecule has 0 radical (unpaired) electrons. The molecule has 52 valence electrons. The van der Waals surface area contributed by atoms with Gasteiger partial charge in [-0.3, -0.25) is 0 Å². The molecule has 0 N–H and O–H groups in total. The summed E-state index contributed by atoms with van der Waals surface area (Å²) in [5.41, 5.74) is 1.41. The maximum atomic E-state index is 5.92. The Labute approximate surface area is 66.7 Å². The fourth-order valence-corrected chi connectivity index (χ4v) is 1.65. The standard InChI is InChI=1S/C7H11ClS/c8-7-3-1-2-6(4-7)5-9/h2,7,9H,1,3-5H2. The van der Waals surface area contributed by atoms with Crippen molar-refractivity contribution in [2.75, 3.05) is 5.75 Å². The van der Waals surface area contributed by atoms with Gasteiger partial charge in [0.05, 0.1) is 0 Å². The lowest BCUT2D eigenvalue weighted by atomic mass is 10.0. The van der Waals surface area contributed by atoms with Gasteiger partial charge in [-0.05, 0) is 19.3 Å². The van der Waals surface area contributed by atoms with Crippen molar-refractivity contribution in [2.45, 2.75) is 24.6 Å². The van der Waals surface area contributed by atoms with E-state index in [1.54, 1.807) is 0 Å². The highest BCUT2D eigenvalue weighted by Gasteiger charge is 2.10. The van der Waals surface area contributed by atoms with Crippen LogP contribution in [0.4, 0.5) is 0 Å². The van der Waals surface area contributed by atoms with Crippen LogP contribution in [0.1, 0.15) is 19.3 Å². The minimum absolute atomic E-state index is 0.372. The van der Waals surface area contributed by atoms with Crippen LogP contribution in [0.3, 0.4) is 0 Å². The lowest BCUT2D eigenvalue weighted by molar-refractivity contribution is 0.713. The molecular weight excluding hydrogens is 152 g/mol. The quantitative estimate of drug-likeness (QED) is 0.342. The molecule has 1 unspecified atom stereocenters. The molecule has 0 saturated carbocycles. The molecule has 2 heteroatoms. The monoisotopic (exact) mass is 162 g/mol. The van der Waals surface area contributed by atoms with E-state index in [0.717, 1.165) is 25.0 Å². The van der Waals surface area contributed by atoms with Gasteiger partial charge in [0.2, 0.25) is 0 Å². The molecule has 1 aliphatic rings. The van der Waals surface area contributed by atoms with Crippen LogP contribution < -0.4 is 0 Å². The number of allylic oxidation sites excluding steroid dienone is 1. The summed E-state index contributed by atoms with van der Waals surface area (Å²) in [6.07, 6.45) is 5.58. The Kier molecular flexibility index (Phi) is 2.93. The molecule has 0 saturated heterocycles. The van der Waals surface area contributed by atoms with Crippen LogP contribution in [0.25, 0.3) is 0 Å². The van der Waals surface area contributed by atoms with Crippen molar-refractivity contribution in [2.24, 2.45) is 0 Å². The third kappa shape index (κ3) is 2.23. The van der Waals surface area contributed by atoms with Crippen molar-refractivity contribution in [3.8, 4) is 0 Å². The van der Waals surface area contributed by atoms with Crippen LogP contribution in [0, 0.1) is 0 Å². The first kappa shape index (κ1) is 7.49. The Bertz CT molecular complexity index is 120. The molecule has 0 aromatic rings. The smallest absolute Gasteiger partial charge is 0.0376 e. The normalized spacial score (nSPS) is 27.8. The number of thiol groups is 1. The van der Waals surface area contributed by atoms with E-state index in [1.807, 2.05) is 0 Å². The highest BCUT2D eigenvalue weighted by molar-refractivity contribution is 7.80.